The van der Waals surface area contributed by atoms with Gasteiger partial charge in [0.05, 0.1) is 23.3 Å². The minimum absolute atomic E-state index is 0.0494. The second-order valence-electron chi connectivity index (χ2n) is 5.26. The van der Waals surface area contributed by atoms with E-state index < -0.39 is 0 Å². The Morgan fingerprint density at radius 2 is 2.18 bits per heavy atom. The quantitative estimate of drug-likeness (QED) is 0.946. The van der Waals surface area contributed by atoms with Crippen LogP contribution in [0, 0.1) is 11.3 Å². The van der Waals surface area contributed by atoms with Crippen LogP contribution in [0.25, 0.3) is 10.9 Å². The zero-order valence-corrected chi connectivity index (χ0v) is 12.7. The van der Waals surface area contributed by atoms with Gasteiger partial charge in [-0.25, -0.2) is 0 Å². The molecule has 3 rings (SSSR count). The first-order valence-corrected chi connectivity index (χ1v) is 7.57. The van der Waals surface area contributed by atoms with Crippen LogP contribution in [0.15, 0.2) is 24.4 Å². The number of carbonyl (C=O) groups excluding carboxylic acids is 1. The molecule has 0 spiro atoms. The second-order valence-corrected chi connectivity index (χ2v) is 5.70. The van der Waals surface area contributed by atoms with Crippen molar-refractivity contribution in [1.29, 1.82) is 5.26 Å². The van der Waals surface area contributed by atoms with Crippen LogP contribution in [0.4, 0.5) is 5.69 Å². The predicted molar refractivity (Wildman–Crippen MR) is 85.8 cm³/mol. The molecule has 112 valence electrons. The third-order valence-electron chi connectivity index (χ3n) is 3.83. The molecule has 1 aromatic carbocycles. The lowest BCUT2D eigenvalue weighted by atomic mass is 10.1. The van der Waals surface area contributed by atoms with E-state index in [2.05, 4.69) is 16.4 Å². The first-order chi connectivity index (χ1) is 10.7. The first kappa shape index (κ1) is 14.6. The van der Waals surface area contributed by atoms with Crippen molar-refractivity contribution >= 4 is 34.1 Å². The number of aromatic nitrogens is 1. The van der Waals surface area contributed by atoms with E-state index >= 15 is 0 Å². The number of nitrogens with one attached hydrogen (secondary N) is 1. The molecule has 0 unspecified atom stereocenters. The van der Waals surface area contributed by atoms with Gasteiger partial charge in [-0.05, 0) is 31.0 Å². The van der Waals surface area contributed by atoms with Crippen LogP contribution in [-0.4, -0.2) is 35.4 Å². The summed E-state index contributed by atoms with van der Waals surface area (Å²) in [6, 6.07) is 7.41. The molecule has 0 aliphatic carbocycles. The summed E-state index contributed by atoms with van der Waals surface area (Å²) in [7, 11) is 0. The number of rotatable bonds is 3. The van der Waals surface area contributed by atoms with Crippen molar-refractivity contribution < 1.29 is 4.79 Å². The Morgan fingerprint density at radius 3 is 2.91 bits per heavy atom. The number of halogens is 1. The van der Waals surface area contributed by atoms with Gasteiger partial charge in [-0.1, -0.05) is 11.6 Å². The van der Waals surface area contributed by atoms with Gasteiger partial charge in [0.15, 0.2) is 0 Å². The zero-order chi connectivity index (χ0) is 15.5. The fraction of sp³-hybridized carbons (Fsp3) is 0.312. The second kappa shape index (κ2) is 6.20. The van der Waals surface area contributed by atoms with E-state index in [1.165, 1.54) is 6.20 Å². The Kier molecular flexibility index (Phi) is 4.12. The number of nitriles is 1. The maximum atomic E-state index is 12.2. The maximum Gasteiger partial charge on any atom is 0.241 e. The number of anilines is 1. The summed E-state index contributed by atoms with van der Waals surface area (Å²) < 4.78 is 0. The standard InChI is InChI=1S/C16H15ClN4O/c17-12-3-4-14-13(7-12)16(11(8-18)9-19-14)20-10-15(22)21-5-1-2-6-21/h3-4,7,9H,1-2,5-6,10H2,(H,19,20). The molecule has 5 nitrogen and oxygen atoms in total. The fourth-order valence-electron chi connectivity index (χ4n) is 2.68. The van der Waals surface area contributed by atoms with E-state index in [4.69, 9.17) is 11.6 Å². The van der Waals surface area contributed by atoms with Crippen LogP contribution in [0.1, 0.15) is 18.4 Å². The van der Waals surface area contributed by atoms with Gasteiger partial charge in [-0.15, -0.1) is 0 Å². The largest absolute Gasteiger partial charge is 0.374 e. The summed E-state index contributed by atoms with van der Waals surface area (Å²) in [4.78, 5) is 18.2. The lowest BCUT2D eigenvalue weighted by Gasteiger charge is -2.17. The summed E-state index contributed by atoms with van der Waals surface area (Å²) in [5.74, 6) is 0.0494. The monoisotopic (exact) mass is 314 g/mol. The van der Waals surface area contributed by atoms with E-state index in [1.807, 2.05) is 4.90 Å². The highest BCUT2D eigenvalue weighted by molar-refractivity contribution is 6.31. The Morgan fingerprint density at radius 1 is 1.41 bits per heavy atom. The molecule has 0 bridgehead atoms. The molecule has 1 aromatic heterocycles. The van der Waals surface area contributed by atoms with Gasteiger partial charge in [0.2, 0.25) is 5.91 Å². The lowest BCUT2D eigenvalue weighted by Crippen LogP contribution is -2.33. The van der Waals surface area contributed by atoms with Crippen molar-refractivity contribution in [2.75, 3.05) is 25.0 Å². The molecule has 1 fully saturated rings. The van der Waals surface area contributed by atoms with Crippen molar-refractivity contribution in [3.63, 3.8) is 0 Å². The van der Waals surface area contributed by atoms with Crippen LogP contribution >= 0.6 is 11.6 Å². The molecule has 1 aliphatic rings. The van der Waals surface area contributed by atoms with E-state index in [0.717, 1.165) is 36.8 Å². The third-order valence-corrected chi connectivity index (χ3v) is 4.06. The molecule has 1 saturated heterocycles. The van der Waals surface area contributed by atoms with Gasteiger partial charge >= 0.3 is 0 Å². The SMILES string of the molecule is N#Cc1cnc2ccc(Cl)cc2c1NCC(=O)N1CCCC1. The van der Waals surface area contributed by atoms with Gasteiger partial charge in [0.1, 0.15) is 6.07 Å². The fourth-order valence-corrected chi connectivity index (χ4v) is 2.85. The maximum absolute atomic E-state index is 12.2. The average Bonchev–Trinajstić information content (AvgIpc) is 3.06. The number of benzene rings is 1. The molecule has 0 saturated carbocycles. The third kappa shape index (κ3) is 2.83. The zero-order valence-electron chi connectivity index (χ0n) is 12.0. The number of likely N-dealkylation sites (tertiary alicyclic amines) is 1. The molecular formula is C16H15ClN4O. The first-order valence-electron chi connectivity index (χ1n) is 7.19. The van der Waals surface area contributed by atoms with E-state index in [-0.39, 0.29) is 12.5 Å². The number of fused-ring (bicyclic) bond motifs is 1. The van der Waals surface area contributed by atoms with Crippen molar-refractivity contribution in [1.82, 2.24) is 9.88 Å². The summed E-state index contributed by atoms with van der Waals surface area (Å²) >= 11 is 6.04. The summed E-state index contributed by atoms with van der Waals surface area (Å²) in [6.45, 7) is 1.80. The van der Waals surface area contributed by atoms with Crippen LogP contribution in [-0.2, 0) is 4.79 Å². The van der Waals surface area contributed by atoms with Crippen molar-refractivity contribution in [2.45, 2.75) is 12.8 Å². The summed E-state index contributed by atoms with van der Waals surface area (Å²) in [5.41, 5.74) is 1.76. The molecule has 1 N–H and O–H groups in total. The molecule has 2 heterocycles. The van der Waals surface area contributed by atoms with Gasteiger partial charge in [0.25, 0.3) is 0 Å². The van der Waals surface area contributed by atoms with Crippen LogP contribution in [0.3, 0.4) is 0 Å². The van der Waals surface area contributed by atoms with E-state index in [9.17, 15) is 10.1 Å². The van der Waals surface area contributed by atoms with Crippen LogP contribution in [0.5, 0.6) is 0 Å². The predicted octanol–water partition coefficient (Wildman–Crippen LogP) is 2.79. The van der Waals surface area contributed by atoms with Gasteiger partial charge < -0.3 is 10.2 Å². The minimum Gasteiger partial charge on any atom is -0.374 e. The molecular weight excluding hydrogens is 300 g/mol. The number of hydrogen-bond acceptors (Lipinski definition) is 4. The topological polar surface area (TPSA) is 69.0 Å². The minimum atomic E-state index is 0.0494. The molecule has 2 aromatic rings. The summed E-state index contributed by atoms with van der Waals surface area (Å²) in [6.07, 6.45) is 3.63. The van der Waals surface area contributed by atoms with Crippen molar-refractivity contribution in [3.05, 3.63) is 35.0 Å². The van der Waals surface area contributed by atoms with E-state index in [0.29, 0.717) is 16.3 Å². The highest BCUT2D eigenvalue weighted by Crippen LogP contribution is 2.28. The molecule has 1 aliphatic heterocycles. The number of nitrogens with zero attached hydrogens (tertiary/aromatic N) is 3. The Hall–Kier alpha value is -2.32. The van der Waals surface area contributed by atoms with Crippen LogP contribution in [0.2, 0.25) is 5.02 Å². The Labute approximate surface area is 133 Å². The number of hydrogen-bond donors (Lipinski definition) is 1. The highest BCUT2D eigenvalue weighted by Gasteiger charge is 2.18. The Balaban J connectivity index is 1.89. The van der Waals surface area contributed by atoms with E-state index in [1.54, 1.807) is 18.2 Å². The molecule has 1 amide bonds. The van der Waals surface area contributed by atoms with Gasteiger partial charge in [-0.3, -0.25) is 9.78 Å². The summed E-state index contributed by atoms with van der Waals surface area (Å²) in [5, 5.41) is 13.7. The molecule has 0 atom stereocenters. The smallest absolute Gasteiger partial charge is 0.241 e. The highest BCUT2D eigenvalue weighted by atomic mass is 35.5. The number of amides is 1. The number of carbonyl (C=O) groups is 1. The van der Waals surface area contributed by atoms with Gasteiger partial charge in [0, 0.05) is 29.7 Å². The normalized spacial score (nSPS) is 14.1. The lowest BCUT2D eigenvalue weighted by molar-refractivity contribution is -0.128. The van der Waals surface area contributed by atoms with Crippen LogP contribution < -0.4 is 5.32 Å². The number of pyridine rings is 1. The molecule has 6 heteroatoms. The molecule has 22 heavy (non-hydrogen) atoms. The van der Waals surface area contributed by atoms with Crippen molar-refractivity contribution in [2.24, 2.45) is 0 Å². The molecule has 0 radical (unpaired) electrons. The van der Waals surface area contributed by atoms with Crippen molar-refractivity contribution in [3.8, 4) is 6.07 Å². The van der Waals surface area contributed by atoms with Gasteiger partial charge in [-0.2, -0.15) is 5.26 Å². The average molecular weight is 315 g/mol. The Bertz CT molecular complexity index is 763.